The molecule has 3 nitrogen and oxygen atoms in total. The van der Waals surface area contributed by atoms with E-state index in [4.69, 9.17) is 18.0 Å². The van der Waals surface area contributed by atoms with Crippen LogP contribution in [-0.4, -0.2) is 42.8 Å². The number of thiocarbonyl (C=S) groups is 1. The SMILES string of the molecule is CSc1cccc(NC(CC(C)C)CN(C)C)c1C(N)=S. The molecule has 0 aromatic heterocycles. The lowest BCUT2D eigenvalue weighted by atomic mass is 10.0. The minimum Gasteiger partial charge on any atom is -0.389 e. The van der Waals surface area contributed by atoms with Crippen LogP contribution in [0.2, 0.25) is 0 Å². The minimum atomic E-state index is 0.380. The molecule has 0 aliphatic carbocycles. The summed E-state index contributed by atoms with van der Waals surface area (Å²) in [5.41, 5.74) is 7.95. The first-order valence-electron chi connectivity index (χ1n) is 7.23. The largest absolute Gasteiger partial charge is 0.389 e. The van der Waals surface area contributed by atoms with Crippen LogP contribution in [0, 0.1) is 5.92 Å². The van der Waals surface area contributed by atoms with E-state index < -0.39 is 0 Å². The van der Waals surface area contributed by atoms with Crippen LogP contribution in [-0.2, 0) is 0 Å². The molecule has 0 saturated carbocycles. The third-order valence-electron chi connectivity index (χ3n) is 3.19. The standard InChI is InChI=1S/C16H27N3S2/c1-11(2)9-12(10-19(3)4)18-13-7-6-8-14(21-5)15(13)16(17)20/h6-8,11-12,18H,9-10H2,1-5H3,(H2,17,20). The lowest BCUT2D eigenvalue weighted by molar-refractivity contribution is 0.356. The van der Waals surface area contributed by atoms with Gasteiger partial charge in [-0.25, -0.2) is 0 Å². The van der Waals surface area contributed by atoms with Crippen molar-refractivity contribution in [2.75, 3.05) is 32.2 Å². The Hall–Kier alpha value is -0.780. The van der Waals surface area contributed by atoms with Gasteiger partial charge in [-0.3, -0.25) is 0 Å². The number of nitrogens with two attached hydrogens (primary N) is 1. The Morgan fingerprint density at radius 3 is 2.52 bits per heavy atom. The van der Waals surface area contributed by atoms with Gasteiger partial charge < -0.3 is 16.0 Å². The molecule has 0 fully saturated rings. The fourth-order valence-electron chi connectivity index (χ4n) is 2.48. The molecule has 1 atom stereocenters. The molecule has 0 heterocycles. The van der Waals surface area contributed by atoms with Crippen molar-refractivity contribution in [2.45, 2.75) is 31.2 Å². The van der Waals surface area contributed by atoms with Crippen LogP contribution in [0.5, 0.6) is 0 Å². The molecule has 0 radical (unpaired) electrons. The predicted molar refractivity (Wildman–Crippen MR) is 99.5 cm³/mol. The second-order valence-electron chi connectivity index (χ2n) is 5.98. The Morgan fingerprint density at radius 2 is 2.05 bits per heavy atom. The smallest absolute Gasteiger partial charge is 0.107 e. The molecule has 1 aromatic carbocycles. The summed E-state index contributed by atoms with van der Waals surface area (Å²) in [4.78, 5) is 3.79. The maximum atomic E-state index is 5.94. The van der Waals surface area contributed by atoms with Crippen molar-refractivity contribution in [1.29, 1.82) is 0 Å². The third kappa shape index (κ3) is 5.85. The van der Waals surface area contributed by atoms with Crippen molar-refractivity contribution in [3.8, 4) is 0 Å². The average Bonchev–Trinajstić information content (AvgIpc) is 2.36. The van der Waals surface area contributed by atoms with Crippen LogP contribution in [0.3, 0.4) is 0 Å². The number of hydrogen-bond donors (Lipinski definition) is 2. The van der Waals surface area contributed by atoms with Gasteiger partial charge in [0.25, 0.3) is 0 Å². The molecule has 0 bridgehead atoms. The van der Waals surface area contributed by atoms with Crippen molar-refractivity contribution < 1.29 is 0 Å². The molecule has 0 aliphatic rings. The van der Waals surface area contributed by atoms with E-state index in [0.717, 1.165) is 29.1 Å². The monoisotopic (exact) mass is 325 g/mol. The van der Waals surface area contributed by atoms with Gasteiger partial charge >= 0.3 is 0 Å². The molecule has 3 N–H and O–H groups in total. The van der Waals surface area contributed by atoms with Gasteiger partial charge in [0.05, 0.1) is 0 Å². The van der Waals surface area contributed by atoms with Gasteiger partial charge in [-0.2, -0.15) is 0 Å². The van der Waals surface area contributed by atoms with Gasteiger partial charge in [-0.15, -0.1) is 11.8 Å². The zero-order valence-electron chi connectivity index (χ0n) is 13.6. The van der Waals surface area contributed by atoms with Crippen molar-refractivity contribution in [1.82, 2.24) is 4.90 Å². The molecule has 21 heavy (non-hydrogen) atoms. The zero-order valence-corrected chi connectivity index (χ0v) is 15.3. The summed E-state index contributed by atoms with van der Waals surface area (Å²) in [6.45, 7) is 5.48. The average molecular weight is 326 g/mol. The Morgan fingerprint density at radius 1 is 1.38 bits per heavy atom. The molecule has 0 saturated heterocycles. The van der Waals surface area contributed by atoms with Crippen LogP contribution in [0.25, 0.3) is 0 Å². The van der Waals surface area contributed by atoms with Gasteiger partial charge in [-0.05, 0) is 44.8 Å². The van der Waals surface area contributed by atoms with E-state index in [1.54, 1.807) is 11.8 Å². The zero-order chi connectivity index (χ0) is 16.0. The van der Waals surface area contributed by atoms with E-state index in [1.807, 2.05) is 6.26 Å². The molecule has 0 spiro atoms. The molecule has 1 unspecified atom stereocenters. The maximum Gasteiger partial charge on any atom is 0.107 e. The number of thioether (sulfide) groups is 1. The van der Waals surface area contributed by atoms with Crippen LogP contribution < -0.4 is 11.1 Å². The quantitative estimate of drug-likeness (QED) is 0.566. The summed E-state index contributed by atoms with van der Waals surface area (Å²) >= 11 is 6.92. The number of hydrogen-bond acceptors (Lipinski definition) is 4. The normalized spacial score (nSPS) is 12.7. The molecular weight excluding hydrogens is 298 g/mol. The highest BCUT2D eigenvalue weighted by atomic mass is 32.2. The molecule has 5 heteroatoms. The molecule has 1 aromatic rings. The number of nitrogens with zero attached hydrogens (tertiary/aromatic N) is 1. The minimum absolute atomic E-state index is 0.380. The Bertz CT molecular complexity index is 463. The first-order valence-corrected chi connectivity index (χ1v) is 8.86. The van der Waals surface area contributed by atoms with Crippen LogP contribution in [0.4, 0.5) is 5.69 Å². The number of benzene rings is 1. The first kappa shape index (κ1) is 18.3. The fraction of sp³-hybridized carbons (Fsp3) is 0.562. The van der Waals surface area contributed by atoms with E-state index in [2.05, 4.69) is 56.4 Å². The Kier molecular flexibility index (Phi) is 7.49. The lowest BCUT2D eigenvalue weighted by Crippen LogP contribution is -2.34. The predicted octanol–water partition coefficient (Wildman–Crippen LogP) is 3.43. The second kappa shape index (κ2) is 8.61. The van der Waals surface area contributed by atoms with Crippen molar-refractivity contribution in [3.05, 3.63) is 23.8 Å². The van der Waals surface area contributed by atoms with Gasteiger partial charge in [0.2, 0.25) is 0 Å². The summed E-state index contributed by atoms with van der Waals surface area (Å²) in [6, 6.07) is 6.56. The fourth-order valence-corrected chi connectivity index (χ4v) is 3.41. The third-order valence-corrected chi connectivity index (χ3v) is 4.18. The number of nitrogens with one attached hydrogen (secondary N) is 1. The molecule has 0 amide bonds. The van der Waals surface area contributed by atoms with E-state index in [-0.39, 0.29) is 0 Å². The van der Waals surface area contributed by atoms with Gasteiger partial charge in [0.1, 0.15) is 4.99 Å². The topological polar surface area (TPSA) is 41.3 Å². The van der Waals surface area contributed by atoms with Crippen LogP contribution in [0.15, 0.2) is 23.1 Å². The van der Waals surface area contributed by atoms with Crippen LogP contribution >= 0.6 is 24.0 Å². The molecule has 118 valence electrons. The molecule has 1 rings (SSSR count). The first-order chi connectivity index (χ1) is 9.85. The lowest BCUT2D eigenvalue weighted by Gasteiger charge is -2.26. The highest BCUT2D eigenvalue weighted by Crippen LogP contribution is 2.28. The van der Waals surface area contributed by atoms with Crippen molar-refractivity contribution in [2.24, 2.45) is 11.7 Å². The maximum absolute atomic E-state index is 5.94. The van der Waals surface area contributed by atoms with E-state index >= 15 is 0 Å². The summed E-state index contributed by atoms with van der Waals surface area (Å²) < 4.78 is 0. The summed E-state index contributed by atoms with van der Waals surface area (Å²) in [6.07, 6.45) is 3.16. The number of likely N-dealkylation sites (N-methyl/N-ethyl adjacent to an activating group) is 1. The summed E-state index contributed by atoms with van der Waals surface area (Å²) in [5, 5.41) is 3.64. The van der Waals surface area contributed by atoms with Crippen LogP contribution in [0.1, 0.15) is 25.8 Å². The van der Waals surface area contributed by atoms with Gasteiger partial charge in [0.15, 0.2) is 0 Å². The van der Waals surface area contributed by atoms with Gasteiger partial charge in [-0.1, -0.05) is 32.1 Å². The van der Waals surface area contributed by atoms with E-state index in [1.165, 1.54) is 0 Å². The molecular formula is C16H27N3S2. The van der Waals surface area contributed by atoms with Gasteiger partial charge in [0, 0.05) is 28.7 Å². The van der Waals surface area contributed by atoms with E-state index in [0.29, 0.717) is 16.9 Å². The van der Waals surface area contributed by atoms with Crippen molar-refractivity contribution >= 4 is 34.7 Å². The summed E-state index contributed by atoms with van der Waals surface area (Å²) in [5.74, 6) is 0.638. The Labute approximate surface area is 138 Å². The van der Waals surface area contributed by atoms with E-state index in [9.17, 15) is 0 Å². The number of rotatable bonds is 8. The molecule has 0 aliphatic heterocycles. The highest BCUT2D eigenvalue weighted by Gasteiger charge is 2.16. The second-order valence-corrected chi connectivity index (χ2v) is 7.27. The number of anilines is 1. The Balaban J connectivity index is 3.04. The highest BCUT2D eigenvalue weighted by molar-refractivity contribution is 7.98. The summed E-state index contributed by atoms with van der Waals surface area (Å²) in [7, 11) is 4.20. The van der Waals surface area contributed by atoms with Crippen molar-refractivity contribution in [3.63, 3.8) is 0 Å².